The van der Waals surface area contributed by atoms with Crippen LogP contribution in [0.2, 0.25) is 10.0 Å². The summed E-state index contributed by atoms with van der Waals surface area (Å²) >= 11 is 12.0. The Hall–Kier alpha value is -1.26. The van der Waals surface area contributed by atoms with Crippen LogP contribution in [0.1, 0.15) is 24.9 Å². The number of carbonyl (C=O) groups excluding carboxylic acids is 1. The molecular weight excluding hydrogens is 383 g/mol. The molecule has 8 heteroatoms. The second kappa shape index (κ2) is 8.41. The minimum atomic E-state index is -3.04. The van der Waals surface area contributed by atoms with Gasteiger partial charge >= 0.3 is 0 Å². The van der Waals surface area contributed by atoms with Gasteiger partial charge in [0.25, 0.3) is 0 Å². The van der Waals surface area contributed by atoms with E-state index in [0.29, 0.717) is 16.5 Å². The van der Waals surface area contributed by atoms with Crippen LogP contribution in [0.15, 0.2) is 18.2 Å². The van der Waals surface area contributed by atoms with E-state index in [2.05, 4.69) is 11.2 Å². The molecule has 1 heterocycles. The van der Waals surface area contributed by atoms with Crippen molar-refractivity contribution in [3.63, 3.8) is 0 Å². The summed E-state index contributed by atoms with van der Waals surface area (Å²) in [4.78, 5) is 14.1. The quantitative estimate of drug-likeness (QED) is 0.741. The molecule has 25 heavy (non-hydrogen) atoms. The van der Waals surface area contributed by atoms with E-state index in [-0.39, 0.29) is 42.6 Å². The van der Waals surface area contributed by atoms with Crippen LogP contribution in [0.25, 0.3) is 0 Å². The smallest absolute Gasteiger partial charge is 0.234 e. The van der Waals surface area contributed by atoms with Gasteiger partial charge in [0, 0.05) is 16.1 Å². The van der Waals surface area contributed by atoms with Crippen LogP contribution in [0.4, 0.5) is 0 Å². The van der Waals surface area contributed by atoms with E-state index in [4.69, 9.17) is 29.6 Å². The van der Waals surface area contributed by atoms with Gasteiger partial charge in [-0.1, -0.05) is 35.2 Å². The summed E-state index contributed by atoms with van der Waals surface area (Å²) in [6, 6.07) is 4.56. The third kappa shape index (κ3) is 5.61. The lowest BCUT2D eigenvalue weighted by Gasteiger charge is -2.26. The number of nitrogens with one attached hydrogen (secondary N) is 1. The number of benzene rings is 1. The van der Waals surface area contributed by atoms with Gasteiger partial charge in [-0.05, 0) is 31.0 Å². The van der Waals surface area contributed by atoms with Crippen molar-refractivity contribution in [1.29, 1.82) is 0 Å². The fraction of sp³-hybridized carbons (Fsp3) is 0.471. The molecule has 2 atom stereocenters. The molecule has 0 spiro atoms. The molecule has 1 N–H and O–H groups in total. The molecule has 1 aliphatic rings. The lowest BCUT2D eigenvalue weighted by molar-refractivity contribution is -0.123. The zero-order valence-electron chi connectivity index (χ0n) is 13.8. The van der Waals surface area contributed by atoms with Crippen LogP contribution < -0.4 is 5.32 Å². The monoisotopic (exact) mass is 402 g/mol. The Labute approximate surface area is 158 Å². The lowest BCUT2D eigenvalue weighted by Crippen LogP contribution is -2.44. The number of halogens is 2. The molecule has 1 fully saturated rings. The van der Waals surface area contributed by atoms with Crippen LogP contribution in [0.5, 0.6) is 0 Å². The van der Waals surface area contributed by atoms with Gasteiger partial charge in [-0.3, -0.25) is 9.69 Å². The van der Waals surface area contributed by atoms with Gasteiger partial charge in [0.1, 0.15) is 0 Å². The van der Waals surface area contributed by atoms with E-state index in [0.717, 1.165) is 5.56 Å². The minimum absolute atomic E-state index is 0.0416. The van der Waals surface area contributed by atoms with E-state index >= 15 is 0 Å². The molecule has 0 aliphatic carbocycles. The van der Waals surface area contributed by atoms with Crippen molar-refractivity contribution in [2.45, 2.75) is 25.4 Å². The second-order valence-corrected chi connectivity index (χ2v) is 9.19. The summed E-state index contributed by atoms with van der Waals surface area (Å²) in [5.74, 6) is 2.43. The molecular formula is C17H20Cl2N2O3S. The van der Waals surface area contributed by atoms with Gasteiger partial charge in [-0.25, -0.2) is 8.42 Å². The van der Waals surface area contributed by atoms with Crippen LogP contribution in [-0.4, -0.2) is 49.9 Å². The summed E-state index contributed by atoms with van der Waals surface area (Å²) in [5.41, 5.74) is 0.756. The van der Waals surface area contributed by atoms with Crippen LogP contribution in [0, 0.1) is 12.3 Å². The minimum Gasteiger partial charge on any atom is -0.348 e. The van der Waals surface area contributed by atoms with Gasteiger partial charge in [0.05, 0.1) is 30.6 Å². The van der Waals surface area contributed by atoms with Crippen molar-refractivity contribution in [1.82, 2.24) is 10.2 Å². The Kier molecular flexibility index (Phi) is 6.75. The molecule has 0 radical (unpaired) electrons. The first kappa shape index (κ1) is 20.1. The highest BCUT2D eigenvalue weighted by Crippen LogP contribution is 2.26. The number of sulfone groups is 1. The zero-order chi connectivity index (χ0) is 18.6. The molecule has 5 nitrogen and oxygen atoms in total. The van der Waals surface area contributed by atoms with E-state index in [1.54, 1.807) is 23.1 Å². The molecule has 2 rings (SSSR count). The van der Waals surface area contributed by atoms with Gasteiger partial charge in [-0.15, -0.1) is 6.42 Å². The fourth-order valence-corrected chi connectivity index (χ4v) is 5.23. The highest BCUT2D eigenvalue weighted by Gasteiger charge is 2.32. The van der Waals surface area contributed by atoms with Crippen molar-refractivity contribution in [2.24, 2.45) is 0 Å². The predicted molar refractivity (Wildman–Crippen MR) is 100 cm³/mol. The van der Waals surface area contributed by atoms with Crippen molar-refractivity contribution >= 4 is 38.9 Å². The number of hydrogen-bond acceptors (Lipinski definition) is 4. The number of hydrogen-bond donors (Lipinski definition) is 1. The molecule has 1 saturated heterocycles. The number of amides is 1. The van der Waals surface area contributed by atoms with Crippen molar-refractivity contribution < 1.29 is 13.2 Å². The Morgan fingerprint density at radius 2 is 2.20 bits per heavy atom. The highest BCUT2D eigenvalue weighted by molar-refractivity contribution is 7.91. The first-order valence-electron chi connectivity index (χ1n) is 7.84. The summed E-state index contributed by atoms with van der Waals surface area (Å²) in [5, 5.41) is 3.86. The van der Waals surface area contributed by atoms with Crippen LogP contribution in [-0.2, 0) is 14.6 Å². The maximum atomic E-state index is 12.4. The maximum Gasteiger partial charge on any atom is 0.234 e. The zero-order valence-corrected chi connectivity index (χ0v) is 16.2. The van der Waals surface area contributed by atoms with Gasteiger partial charge in [0.15, 0.2) is 9.84 Å². The molecule has 1 amide bonds. The standard InChI is InChI=1S/C17H20Cl2N2O3S/c1-3-7-21(14-6-8-25(23,24)11-14)10-17(22)20-12(2)15-5-4-13(18)9-16(15)19/h1,4-5,9,12,14H,6-8,10-11H2,2H3,(H,20,22). The van der Waals surface area contributed by atoms with Crippen molar-refractivity contribution in [3.8, 4) is 12.3 Å². The SMILES string of the molecule is C#CCN(CC(=O)NC(C)c1ccc(Cl)cc1Cl)C1CCS(=O)(=O)C1. The van der Waals surface area contributed by atoms with Gasteiger partial charge in [-0.2, -0.15) is 0 Å². The summed E-state index contributed by atoms with van der Waals surface area (Å²) in [6.45, 7) is 2.09. The van der Waals surface area contributed by atoms with Gasteiger partial charge in [0.2, 0.25) is 5.91 Å². The number of rotatable bonds is 6. The van der Waals surface area contributed by atoms with E-state index in [9.17, 15) is 13.2 Å². The van der Waals surface area contributed by atoms with Gasteiger partial charge < -0.3 is 5.32 Å². The van der Waals surface area contributed by atoms with Crippen LogP contribution in [0.3, 0.4) is 0 Å². The van der Waals surface area contributed by atoms with Crippen molar-refractivity contribution in [2.75, 3.05) is 24.6 Å². The molecule has 136 valence electrons. The number of nitrogens with zero attached hydrogens (tertiary/aromatic N) is 1. The molecule has 1 aromatic rings. The number of terminal acetylenes is 1. The molecule has 2 unspecified atom stereocenters. The predicted octanol–water partition coefficient (Wildman–Crippen LogP) is 2.29. The average molecular weight is 403 g/mol. The van der Waals surface area contributed by atoms with E-state index in [1.165, 1.54) is 0 Å². The summed E-state index contributed by atoms with van der Waals surface area (Å²) < 4.78 is 23.3. The Morgan fingerprint density at radius 1 is 1.48 bits per heavy atom. The third-order valence-corrected chi connectivity index (χ3v) is 6.49. The number of carbonyl (C=O) groups is 1. The molecule has 0 saturated carbocycles. The van der Waals surface area contributed by atoms with E-state index in [1.807, 2.05) is 6.92 Å². The summed E-state index contributed by atoms with van der Waals surface area (Å²) in [6.07, 6.45) is 5.86. The molecule has 1 aromatic carbocycles. The average Bonchev–Trinajstić information content (AvgIpc) is 2.86. The fourth-order valence-electron chi connectivity index (χ4n) is 2.90. The first-order chi connectivity index (χ1) is 11.7. The first-order valence-corrected chi connectivity index (χ1v) is 10.4. The molecule has 0 aromatic heterocycles. The Morgan fingerprint density at radius 3 is 2.76 bits per heavy atom. The largest absolute Gasteiger partial charge is 0.348 e. The summed E-state index contributed by atoms with van der Waals surface area (Å²) in [7, 11) is -3.04. The Balaban J connectivity index is 2.00. The maximum absolute atomic E-state index is 12.4. The highest BCUT2D eigenvalue weighted by atomic mass is 35.5. The van der Waals surface area contributed by atoms with E-state index < -0.39 is 9.84 Å². The molecule has 0 bridgehead atoms. The van der Waals surface area contributed by atoms with Crippen LogP contribution >= 0.6 is 23.2 Å². The third-order valence-electron chi connectivity index (χ3n) is 4.17. The normalized spacial score (nSPS) is 20.2. The topological polar surface area (TPSA) is 66.5 Å². The molecule has 1 aliphatic heterocycles. The lowest BCUT2D eigenvalue weighted by atomic mass is 10.1. The Bertz CT molecular complexity index is 790. The second-order valence-electron chi connectivity index (χ2n) is 6.12. The van der Waals surface area contributed by atoms with Crippen molar-refractivity contribution in [3.05, 3.63) is 33.8 Å².